The molecule has 38 heavy (non-hydrogen) atoms. The molecule has 1 aliphatic carbocycles. The molecule has 1 heterocycles. The van der Waals surface area contributed by atoms with Gasteiger partial charge in [-0.05, 0) is 60.1 Å². The standard InChI is InChI=1S/C32H36N4O2/c1-23(2)25-12-14-27(15-13-25)34-32(38)36(28-16-17-28)22-31(37)35(21-24-8-4-3-5-9-24)19-18-26-20-33-30-11-7-6-10-29(26)30/h3-15,20,23,28,33H,16-19,21-22H2,1-2H3,(H,34,38). The smallest absolute Gasteiger partial charge is 0.322 e. The molecule has 0 bridgehead atoms. The number of hydrogen-bond acceptors (Lipinski definition) is 2. The first-order valence-electron chi connectivity index (χ1n) is 13.5. The number of fused-ring (bicyclic) bond motifs is 1. The number of urea groups is 1. The SMILES string of the molecule is CC(C)c1ccc(NC(=O)N(CC(=O)N(CCc2c[nH]c3ccccc23)Cc2ccccc2)C2CC2)cc1. The Morgan fingerprint density at radius 1 is 0.947 bits per heavy atom. The van der Waals surface area contributed by atoms with Crippen molar-refractivity contribution in [1.82, 2.24) is 14.8 Å². The number of nitrogens with zero attached hydrogens (tertiary/aromatic N) is 2. The fraction of sp³-hybridized carbons (Fsp3) is 0.312. The lowest BCUT2D eigenvalue weighted by Crippen LogP contribution is -2.45. The Bertz CT molecular complexity index is 1370. The first-order chi connectivity index (χ1) is 18.5. The number of nitrogens with one attached hydrogen (secondary N) is 2. The molecule has 0 saturated heterocycles. The first kappa shape index (κ1) is 25.6. The number of amides is 3. The number of hydrogen-bond donors (Lipinski definition) is 2. The minimum atomic E-state index is -0.213. The number of benzene rings is 3. The first-order valence-corrected chi connectivity index (χ1v) is 13.5. The number of rotatable bonds is 10. The van der Waals surface area contributed by atoms with Crippen molar-refractivity contribution in [3.05, 3.63) is 102 Å². The van der Waals surface area contributed by atoms with E-state index < -0.39 is 0 Å². The Morgan fingerprint density at radius 3 is 2.37 bits per heavy atom. The maximum absolute atomic E-state index is 13.7. The van der Waals surface area contributed by atoms with Gasteiger partial charge in [-0.2, -0.15) is 0 Å². The van der Waals surface area contributed by atoms with E-state index in [0.717, 1.165) is 36.0 Å². The summed E-state index contributed by atoms with van der Waals surface area (Å²) in [6, 6.07) is 26.1. The van der Waals surface area contributed by atoms with E-state index in [-0.39, 0.29) is 24.5 Å². The van der Waals surface area contributed by atoms with Gasteiger partial charge in [-0.25, -0.2) is 4.79 Å². The number of H-pyrrole nitrogens is 1. The second-order valence-electron chi connectivity index (χ2n) is 10.5. The van der Waals surface area contributed by atoms with E-state index in [0.29, 0.717) is 19.0 Å². The minimum Gasteiger partial charge on any atom is -0.361 e. The average Bonchev–Trinajstić information content (AvgIpc) is 3.69. The van der Waals surface area contributed by atoms with Crippen LogP contribution in [0.4, 0.5) is 10.5 Å². The van der Waals surface area contributed by atoms with Gasteiger partial charge in [-0.15, -0.1) is 0 Å². The summed E-state index contributed by atoms with van der Waals surface area (Å²) in [6.07, 6.45) is 4.63. The van der Waals surface area contributed by atoms with Crippen LogP contribution in [0.15, 0.2) is 85.1 Å². The van der Waals surface area contributed by atoms with E-state index in [1.54, 1.807) is 4.90 Å². The molecule has 1 saturated carbocycles. The lowest BCUT2D eigenvalue weighted by atomic mass is 10.0. The van der Waals surface area contributed by atoms with Crippen molar-refractivity contribution in [2.75, 3.05) is 18.4 Å². The molecule has 196 valence electrons. The van der Waals surface area contributed by atoms with Crippen LogP contribution in [0.5, 0.6) is 0 Å². The predicted octanol–water partition coefficient (Wildman–Crippen LogP) is 6.56. The highest BCUT2D eigenvalue weighted by Crippen LogP contribution is 2.28. The molecular formula is C32H36N4O2. The Kier molecular flexibility index (Phi) is 7.78. The van der Waals surface area contributed by atoms with Crippen molar-refractivity contribution in [2.24, 2.45) is 0 Å². The molecule has 5 rings (SSSR count). The molecule has 0 radical (unpaired) electrons. The van der Waals surface area contributed by atoms with Crippen LogP contribution in [0.2, 0.25) is 0 Å². The Balaban J connectivity index is 1.29. The lowest BCUT2D eigenvalue weighted by Gasteiger charge is -2.28. The van der Waals surface area contributed by atoms with Gasteiger partial charge in [0, 0.05) is 41.9 Å². The molecule has 6 heteroatoms. The summed E-state index contributed by atoms with van der Waals surface area (Å²) < 4.78 is 0. The van der Waals surface area contributed by atoms with E-state index in [9.17, 15) is 9.59 Å². The number of carbonyl (C=O) groups excluding carboxylic acids is 2. The number of aromatic amines is 1. The molecule has 1 aliphatic rings. The molecule has 1 aromatic heterocycles. The molecule has 4 aromatic rings. The van der Waals surface area contributed by atoms with E-state index in [1.165, 1.54) is 16.5 Å². The van der Waals surface area contributed by atoms with E-state index in [4.69, 9.17) is 0 Å². The van der Waals surface area contributed by atoms with Gasteiger partial charge in [0.2, 0.25) is 5.91 Å². The van der Waals surface area contributed by atoms with Crippen LogP contribution in [0, 0.1) is 0 Å². The van der Waals surface area contributed by atoms with Gasteiger partial charge >= 0.3 is 6.03 Å². The molecule has 6 nitrogen and oxygen atoms in total. The van der Waals surface area contributed by atoms with Gasteiger partial charge in [-0.1, -0.05) is 74.5 Å². The molecule has 3 aromatic carbocycles. The summed E-state index contributed by atoms with van der Waals surface area (Å²) in [5.74, 6) is 0.395. The van der Waals surface area contributed by atoms with Crippen molar-refractivity contribution in [3.8, 4) is 0 Å². The van der Waals surface area contributed by atoms with Crippen molar-refractivity contribution < 1.29 is 9.59 Å². The van der Waals surface area contributed by atoms with Gasteiger partial charge in [0.15, 0.2) is 0 Å². The van der Waals surface area contributed by atoms with Gasteiger partial charge in [-0.3, -0.25) is 4.79 Å². The zero-order valence-corrected chi connectivity index (χ0v) is 22.2. The van der Waals surface area contributed by atoms with Crippen LogP contribution in [0.1, 0.15) is 49.3 Å². The summed E-state index contributed by atoms with van der Waals surface area (Å²) in [6.45, 7) is 5.45. The minimum absolute atomic E-state index is 0.0362. The fourth-order valence-corrected chi connectivity index (χ4v) is 4.83. The molecule has 0 aliphatic heterocycles. The van der Waals surface area contributed by atoms with Crippen LogP contribution in [-0.4, -0.2) is 45.9 Å². The van der Waals surface area contributed by atoms with E-state index in [1.807, 2.05) is 77.8 Å². The van der Waals surface area contributed by atoms with Crippen molar-refractivity contribution in [3.63, 3.8) is 0 Å². The van der Waals surface area contributed by atoms with Crippen molar-refractivity contribution in [2.45, 2.75) is 51.6 Å². The number of aromatic nitrogens is 1. The maximum Gasteiger partial charge on any atom is 0.322 e. The third-order valence-corrected chi connectivity index (χ3v) is 7.28. The number of anilines is 1. The molecule has 0 spiro atoms. The van der Waals surface area contributed by atoms with E-state index >= 15 is 0 Å². The highest BCUT2D eigenvalue weighted by Gasteiger charge is 2.35. The predicted molar refractivity (Wildman–Crippen MR) is 153 cm³/mol. The van der Waals surface area contributed by atoms with Crippen LogP contribution < -0.4 is 5.32 Å². The molecule has 0 atom stereocenters. The Hall–Kier alpha value is -4.06. The summed E-state index contributed by atoms with van der Waals surface area (Å²) in [4.78, 5) is 33.9. The van der Waals surface area contributed by atoms with Crippen molar-refractivity contribution >= 4 is 28.5 Å². The zero-order valence-electron chi connectivity index (χ0n) is 22.2. The molecule has 1 fully saturated rings. The Labute approximate surface area is 224 Å². The van der Waals surface area contributed by atoms with Crippen LogP contribution in [0.25, 0.3) is 10.9 Å². The summed E-state index contributed by atoms with van der Waals surface area (Å²) in [7, 11) is 0. The maximum atomic E-state index is 13.7. The van der Waals surface area contributed by atoms with Gasteiger partial charge < -0.3 is 20.1 Å². The number of para-hydroxylation sites is 1. The van der Waals surface area contributed by atoms with Crippen LogP contribution in [-0.2, 0) is 17.8 Å². The molecule has 3 amide bonds. The summed E-state index contributed by atoms with van der Waals surface area (Å²) in [5, 5.41) is 4.19. The van der Waals surface area contributed by atoms with Gasteiger partial charge in [0.25, 0.3) is 0 Å². The third-order valence-electron chi connectivity index (χ3n) is 7.28. The monoisotopic (exact) mass is 508 g/mol. The summed E-state index contributed by atoms with van der Waals surface area (Å²) >= 11 is 0. The largest absolute Gasteiger partial charge is 0.361 e. The number of carbonyl (C=O) groups is 2. The van der Waals surface area contributed by atoms with Gasteiger partial charge in [0.05, 0.1) is 0 Å². The highest BCUT2D eigenvalue weighted by atomic mass is 16.2. The normalized spacial score (nSPS) is 13.0. The molecule has 2 N–H and O–H groups in total. The van der Waals surface area contributed by atoms with Crippen LogP contribution in [0.3, 0.4) is 0 Å². The fourth-order valence-electron chi connectivity index (χ4n) is 4.83. The van der Waals surface area contributed by atoms with Gasteiger partial charge in [0.1, 0.15) is 6.54 Å². The Morgan fingerprint density at radius 2 is 1.66 bits per heavy atom. The quantitative estimate of drug-likeness (QED) is 0.255. The third kappa shape index (κ3) is 6.25. The molecule has 0 unspecified atom stereocenters. The second kappa shape index (κ2) is 11.5. The average molecular weight is 509 g/mol. The molecular weight excluding hydrogens is 472 g/mol. The topological polar surface area (TPSA) is 68.4 Å². The zero-order chi connectivity index (χ0) is 26.5. The highest BCUT2D eigenvalue weighted by molar-refractivity contribution is 5.93. The summed E-state index contributed by atoms with van der Waals surface area (Å²) in [5.41, 5.74) is 5.34. The van der Waals surface area contributed by atoms with Crippen molar-refractivity contribution in [1.29, 1.82) is 0 Å². The van der Waals surface area contributed by atoms with Crippen LogP contribution >= 0.6 is 0 Å². The second-order valence-corrected chi connectivity index (χ2v) is 10.5. The lowest BCUT2D eigenvalue weighted by molar-refractivity contribution is -0.132. The van der Waals surface area contributed by atoms with E-state index in [2.05, 4.69) is 36.3 Å².